The normalized spacial score (nSPS) is 11.7. The molecule has 1 atom stereocenters. The maximum absolute atomic E-state index is 12.3. The predicted octanol–water partition coefficient (Wildman–Crippen LogP) is 3.20. The SMILES string of the molecule is CCN(CC(C)C#N)C(=O)c1cc(Cl)c(N)c(Cl)c1. The molecule has 1 aromatic rings. The fraction of sp³-hybridized carbons (Fsp3) is 0.385. The summed E-state index contributed by atoms with van der Waals surface area (Å²) in [7, 11) is 0. The van der Waals surface area contributed by atoms with Gasteiger partial charge < -0.3 is 10.6 Å². The van der Waals surface area contributed by atoms with Gasteiger partial charge in [-0.25, -0.2) is 0 Å². The minimum atomic E-state index is -0.233. The van der Waals surface area contributed by atoms with Crippen molar-refractivity contribution in [3.8, 4) is 6.07 Å². The first kappa shape index (κ1) is 15.6. The lowest BCUT2D eigenvalue weighted by atomic mass is 10.1. The molecule has 0 aliphatic rings. The third-order valence-corrected chi connectivity index (χ3v) is 3.33. The Morgan fingerprint density at radius 2 is 2.00 bits per heavy atom. The number of hydrogen-bond donors (Lipinski definition) is 1. The standard InChI is InChI=1S/C13H15Cl2N3O/c1-3-18(7-8(2)6-16)13(19)9-4-10(14)12(17)11(15)5-9/h4-5,8H,3,7,17H2,1-2H3. The highest BCUT2D eigenvalue weighted by atomic mass is 35.5. The number of rotatable bonds is 4. The van der Waals surface area contributed by atoms with Crippen molar-refractivity contribution in [2.24, 2.45) is 5.92 Å². The number of nitrogens with zero attached hydrogens (tertiary/aromatic N) is 2. The van der Waals surface area contributed by atoms with Crippen LogP contribution < -0.4 is 5.73 Å². The van der Waals surface area contributed by atoms with E-state index in [1.165, 1.54) is 12.1 Å². The molecule has 6 heteroatoms. The lowest BCUT2D eigenvalue weighted by Crippen LogP contribution is -2.34. The Hall–Kier alpha value is -1.44. The molecule has 0 radical (unpaired) electrons. The zero-order valence-electron chi connectivity index (χ0n) is 10.8. The molecule has 0 saturated carbocycles. The summed E-state index contributed by atoms with van der Waals surface area (Å²) >= 11 is 11.8. The van der Waals surface area contributed by atoms with Crippen molar-refractivity contribution in [1.29, 1.82) is 5.26 Å². The average molecular weight is 300 g/mol. The van der Waals surface area contributed by atoms with E-state index in [2.05, 4.69) is 6.07 Å². The van der Waals surface area contributed by atoms with Crippen LogP contribution in [0.3, 0.4) is 0 Å². The number of nitrogens with two attached hydrogens (primary N) is 1. The summed E-state index contributed by atoms with van der Waals surface area (Å²) < 4.78 is 0. The van der Waals surface area contributed by atoms with Crippen LogP contribution in [0, 0.1) is 17.2 Å². The first-order valence-corrected chi connectivity index (χ1v) is 6.59. The highest BCUT2D eigenvalue weighted by Crippen LogP contribution is 2.29. The molecule has 1 rings (SSSR count). The Bertz CT molecular complexity index is 502. The first-order valence-electron chi connectivity index (χ1n) is 5.84. The second-order valence-corrected chi connectivity index (χ2v) is 5.04. The summed E-state index contributed by atoms with van der Waals surface area (Å²) in [6, 6.07) is 5.08. The van der Waals surface area contributed by atoms with Gasteiger partial charge in [0.1, 0.15) is 0 Å². The van der Waals surface area contributed by atoms with Crippen molar-refractivity contribution < 1.29 is 4.79 Å². The number of nitriles is 1. The van der Waals surface area contributed by atoms with Gasteiger partial charge in [0.25, 0.3) is 5.91 Å². The molecule has 19 heavy (non-hydrogen) atoms. The summed E-state index contributed by atoms with van der Waals surface area (Å²) in [6.45, 7) is 4.48. The molecule has 1 aromatic carbocycles. The maximum Gasteiger partial charge on any atom is 0.253 e. The van der Waals surface area contributed by atoms with Crippen molar-refractivity contribution in [1.82, 2.24) is 4.90 Å². The van der Waals surface area contributed by atoms with Crippen molar-refractivity contribution >= 4 is 34.8 Å². The van der Waals surface area contributed by atoms with E-state index in [0.29, 0.717) is 18.7 Å². The molecule has 1 amide bonds. The van der Waals surface area contributed by atoms with Gasteiger partial charge in [-0.1, -0.05) is 23.2 Å². The molecule has 0 aliphatic carbocycles. The Kier molecular flexibility index (Phi) is 5.46. The number of carbonyl (C=O) groups is 1. The molecule has 0 fully saturated rings. The van der Waals surface area contributed by atoms with E-state index in [-0.39, 0.29) is 27.6 Å². The summed E-state index contributed by atoms with van der Waals surface area (Å²) in [5, 5.41) is 9.31. The molecule has 0 bridgehead atoms. The fourth-order valence-electron chi connectivity index (χ4n) is 1.62. The van der Waals surface area contributed by atoms with Gasteiger partial charge in [0, 0.05) is 18.7 Å². The molecular formula is C13H15Cl2N3O. The maximum atomic E-state index is 12.3. The number of carbonyl (C=O) groups excluding carboxylic acids is 1. The fourth-order valence-corrected chi connectivity index (χ4v) is 2.10. The smallest absolute Gasteiger partial charge is 0.253 e. The van der Waals surface area contributed by atoms with Gasteiger partial charge in [-0.05, 0) is 26.0 Å². The third kappa shape index (κ3) is 3.76. The van der Waals surface area contributed by atoms with Gasteiger partial charge in [0.15, 0.2) is 0 Å². The van der Waals surface area contributed by atoms with Crippen LogP contribution in [-0.4, -0.2) is 23.9 Å². The van der Waals surface area contributed by atoms with Crippen LogP contribution in [0.25, 0.3) is 0 Å². The van der Waals surface area contributed by atoms with Crippen LogP contribution in [0.15, 0.2) is 12.1 Å². The van der Waals surface area contributed by atoms with Gasteiger partial charge in [0.2, 0.25) is 0 Å². The molecule has 4 nitrogen and oxygen atoms in total. The molecule has 0 heterocycles. The van der Waals surface area contributed by atoms with Gasteiger partial charge in [-0.15, -0.1) is 0 Å². The van der Waals surface area contributed by atoms with Gasteiger partial charge >= 0.3 is 0 Å². The Morgan fingerprint density at radius 3 is 2.42 bits per heavy atom. The average Bonchev–Trinajstić information content (AvgIpc) is 2.40. The Labute approximate surface area is 122 Å². The number of hydrogen-bond acceptors (Lipinski definition) is 3. The van der Waals surface area contributed by atoms with Gasteiger partial charge in [-0.2, -0.15) is 5.26 Å². The minimum absolute atomic E-state index is 0.214. The van der Waals surface area contributed by atoms with Gasteiger partial charge in [0.05, 0.1) is 27.7 Å². The van der Waals surface area contributed by atoms with E-state index in [9.17, 15) is 4.79 Å². The highest BCUT2D eigenvalue weighted by molar-refractivity contribution is 6.39. The van der Waals surface area contributed by atoms with E-state index in [1.807, 2.05) is 6.92 Å². The summed E-state index contributed by atoms with van der Waals surface area (Å²) in [6.07, 6.45) is 0. The van der Waals surface area contributed by atoms with E-state index >= 15 is 0 Å². The van der Waals surface area contributed by atoms with Crippen LogP contribution in [-0.2, 0) is 0 Å². The van der Waals surface area contributed by atoms with E-state index in [0.717, 1.165) is 0 Å². The third-order valence-electron chi connectivity index (χ3n) is 2.71. The van der Waals surface area contributed by atoms with Crippen molar-refractivity contribution in [3.63, 3.8) is 0 Å². The summed E-state index contributed by atoms with van der Waals surface area (Å²) in [5.74, 6) is -0.447. The zero-order valence-corrected chi connectivity index (χ0v) is 12.3. The highest BCUT2D eigenvalue weighted by Gasteiger charge is 2.18. The monoisotopic (exact) mass is 299 g/mol. The van der Waals surface area contributed by atoms with Gasteiger partial charge in [-0.3, -0.25) is 4.79 Å². The Balaban J connectivity index is 3.02. The molecule has 0 saturated heterocycles. The number of halogens is 2. The van der Waals surface area contributed by atoms with Crippen LogP contribution in [0.4, 0.5) is 5.69 Å². The Morgan fingerprint density at radius 1 is 1.47 bits per heavy atom. The topological polar surface area (TPSA) is 70.1 Å². The molecule has 102 valence electrons. The molecule has 0 aliphatic heterocycles. The number of amides is 1. The molecule has 0 spiro atoms. The molecule has 1 unspecified atom stereocenters. The van der Waals surface area contributed by atoms with Crippen LogP contribution in [0.1, 0.15) is 24.2 Å². The van der Waals surface area contributed by atoms with Crippen LogP contribution in [0.2, 0.25) is 10.0 Å². The van der Waals surface area contributed by atoms with Crippen molar-refractivity contribution in [3.05, 3.63) is 27.7 Å². The lowest BCUT2D eigenvalue weighted by Gasteiger charge is -2.22. The molecule has 0 aromatic heterocycles. The largest absolute Gasteiger partial charge is 0.396 e. The zero-order chi connectivity index (χ0) is 14.6. The summed E-state index contributed by atoms with van der Waals surface area (Å²) in [4.78, 5) is 13.9. The second kappa shape index (κ2) is 6.65. The molecular weight excluding hydrogens is 285 g/mol. The number of anilines is 1. The first-order chi connectivity index (χ1) is 8.90. The number of benzene rings is 1. The lowest BCUT2D eigenvalue weighted by molar-refractivity contribution is 0.0753. The van der Waals surface area contributed by atoms with Crippen molar-refractivity contribution in [2.75, 3.05) is 18.8 Å². The van der Waals surface area contributed by atoms with Crippen molar-refractivity contribution in [2.45, 2.75) is 13.8 Å². The van der Waals surface area contributed by atoms with E-state index < -0.39 is 0 Å². The quantitative estimate of drug-likeness (QED) is 0.868. The van der Waals surface area contributed by atoms with Crippen LogP contribution >= 0.6 is 23.2 Å². The minimum Gasteiger partial charge on any atom is -0.396 e. The second-order valence-electron chi connectivity index (χ2n) is 4.23. The van der Waals surface area contributed by atoms with E-state index in [1.54, 1.807) is 11.8 Å². The van der Waals surface area contributed by atoms with Crippen LogP contribution in [0.5, 0.6) is 0 Å². The van der Waals surface area contributed by atoms with E-state index in [4.69, 9.17) is 34.2 Å². The number of nitrogen functional groups attached to an aromatic ring is 1. The predicted molar refractivity (Wildman–Crippen MR) is 77.2 cm³/mol. The molecule has 2 N–H and O–H groups in total. The summed E-state index contributed by atoms with van der Waals surface area (Å²) in [5.41, 5.74) is 6.26.